The molecule has 1 aliphatic rings. The summed E-state index contributed by atoms with van der Waals surface area (Å²) in [4.78, 5) is 4.32. The van der Waals surface area contributed by atoms with Gasteiger partial charge in [-0.1, -0.05) is 17.7 Å². The van der Waals surface area contributed by atoms with Crippen molar-refractivity contribution in [1.29, 1.82) is 0 Å². The highest BCUT2D eigenvalue weighted by molar-refractivity contribution is 7.91. The number of sulfonamides is 1. The number of fused-ring (bicyclic) bond motifs is 1. The van der Waals surface area contributed by atoms with E-state index in [1.54, 1.807) is 17.5 Å². The first-order chi connectivity index (χ1) is 8.93. The van der Waals surface area contributed by atoms with Gasteiger partial charge in [-0.3, -0.25) is 4.40 Å². The Morgan fingerprint density at radius 1 is 1.47 bits per heavy atom. The van der Waals surface area contributed by atoms with Crippen LogP contribution in [0.1, 0.15) is 25.5 Å². The first kappa shape index (κ1) is 12.9. The van der Waals surface area contributed by atoms with Gasteiger partial charge in [0.1, 0.15) is 10.8 Å². The smallest absolute Gasteiger partial charge is 0.217 e. The molecule has 2 aromatic heterocycles. The number of hydrogen-bond acceptors (Lipinski definition) is 3. The van der Waals surface area contributed by atoms with Gasteiger partial charge in [0.05, 0.1) is 17.0 Å². The Hall–Kier alpha value is -1.11. The van der Waals surface area contributed by atoms with E-state index in [2.05, 4.69) is 9.71 Å². The fourth-order valence-corrected chi connectivity index (χ4v) is 3.48. The van der Waals surface area contributed by atoms with Crippen LogP contribution < -0.4 is 4.72 Å². The molecule has 19 heavy (non-hydrogen) atoms. The second kappa shape index (κ2) is 4.19. The van der Waals surface area contributed by atoms with E-state index >= 15 is 0 Å². The van der Waals surface area contributed by atoms with E-state index in [0.717, 1.165) is 0 Å². The van der Waals surface area contributed by atoms with Gasteiger partial charge >= 0.3 is 0 Å². The molecule has 0 saturated heterocycles. The molecule has 0 radical (unpaired) electrons. The minimum atomic E-state index is -3.30. The van der Waals surface area contributed by atoms with Gasteiger partial charge in [-0.2, -0.15) is 0 Å². The molecule has 0 aliphatic heterocycles. The second-order valence-electron chi connectivity index (χ2n) is 5.05. The van der Waals surface area contributed by atoms with Crippen molar-refractivity contribution in [3.05, 3.63) is 35.2 Å². The van der Waals surface area contributed by atoms with Crippen LogP contribution in [0.25, 0.3) is 5.65 Å². The normalized spacial score (nSPS) is 17.8. The predicted molar refractivity (Wildman–Crippen MR) is 73.6 cm³/mol. The quantitative estimate of drug-likeness (QED) is 0.938. The zero-order valence-corrected chi connectivity index (χ0v) is 12.0. The number of pyridine rings is 1. The molecule has 7 heteroatoms. The average Bonchev–Trinajstić information content (AvgIpc) is 3.06. The molecule has 0 aromatic carbocycles. The van der Waals surface area contributed by atoms with Gasteiger partial charge in [0.15, 0.2) is 0 Å². The third-order valence-corrected chi connectivity index (χ3v) is 6.20. The maximum Gasteiger partial charge on any atom is 0.217 e. The molecule has 1 N–H and O–H groups in total. The largest absolute Gasteiger partial charge is 0.290 e. The molecule has 1 saturated carbocycles. The number of rotatable bonds is 4. The van der Waals surface area contributed by atoms with E-state index in [1.807, 2.05) is 18.2 Å². The molecule has 0 atom stereocenters. The Labute approximate surface area is 116 Å². The molecule has 102 valence electrons. The van der Waals surface area contributed by atoms with Crippen molar-refractivity contribution in [1.82, 2.24) is 14.1 Å². The maximum absolute atomic E-state index is 12.0. The van der Waals surface area contributed by atoms with Crippen LogP contribution in [0.15, 0.2) is 24.4 Å². The molecule has 5 nitrogen and oxygen atoms in total. The number of halogens is 1. The summed E-state index contributed by atoms with van der Waals surface area (Å²) in [6.45, 7) is 1.87. The Morgan fingerprint density at radius 3 is 2.84 bits per heavy atom. The van der Waals surface area contributed by atoms with Crippen molar-refractivity contribution < 1.29 is 8.42 Å². The van der Waals surface area contributed by atoms with E-state index < -0.39 is 14.8 Å². The molecule has 0 amide bonds. The molecule has 0 bridgehead atoms. The third kappa shape index (κ3) is 2.13. The summed E-state index contributed by atoms with van der Waals surface area (Å²) < 4.78 is 27.8. The van der Waals surface area contributed by atoms with Gasteiger partial charge < -0.3 is 0 Å². The lowest BCUT2D eigenvalue weighted by atomic mass is 10.5. The van der Waals surface area contributed by atoms with Gasteiger partial charge in [-0.05, 0) is 31.9 Å². The van der Waals surface area contributed by atoms with Crippen LogP contribution in [0.4, 0.5) is 0 Å². The van der Waals surface area contributed by atoms with E-state index in [4.69, 9.17) is 11.6 Å². The van der Waals surface area contributed by atoms with Crippen LogP contribution in [0.2, 0.25) is 5.15 Å². The summed E-state index contributed by atoms with van der Waals surface area (Å²) in [5.74, 6) is 0. The number of nitrogens with one attached hydrogen (secondary N) is 1. The van der Waals surface area contributed by atoms with Crippen LogP contribution in [-0.4, -0.2) is 22.5 Å². The van der Waals surface area contributed by atoms with E-state index in [0.29, 0.717) is 29.3 Å². The fraction of sp³-hybridized carbons (Fsp3) is 0.417. The van der Waals surface area contributed by atoms with Crippen LogP contribution in [0.3, 0.4) is 0 Å². The Balaban J connectivity index is 1.85. The highest BCUT2D eigenvalue weighted by Gasteiger charge is 2.49. The topological polar surface area (TPSA) is 63.5 Å². The molecule has 3 rings (SSSR count). The van der Waals surface area contributed by atoms with E-state index in [-0.39, 0.29) is 6.54 Å². The minimum Gasteiger partial charge on any atom is -0.290 e. The van der Waals surface area contributed by atoms with Crippen LogP contribution in [0.5, 0.6) is 0 Å². The summed E-state index contributed by atoms with van der Waals surface area (Å²) in [5, 5.41) is 0.444. The standard InChI is InChI=1S/C12H14ClN3O2S/c1-12(5-6-12)19(17,18)14-8-9-11(13)16-7-3-2-4-10(16)15-9/h2-4,7,14H,5-6,8H2,1H3. The van der Waals surface area contributed by atoms with Gasteiger partial charge in [-0.15, -0.1) is 0 Å². The molecular formula is C12H14ClN3O2S. The third-order valence-electron chi connectivity index (χ3n) is 3.57. The molecule has 1 aliphatic carbocycles. The number of nitrogens with zero attached hydrogens (tertiary/aromatic N) is 2. The summed E-state index contributed by atoms with van der Waals surface area (Å²) in [5.41, 5.74) is 1.25. The minimum absolute atomic E-state index is 0.123. The molecule has 2 aromatic rings. The fourth-order valence-electron chi connectivity index (χ4n) is 1.91. The number of imidazole rings is 1. The van der Waals surface area contributed by atoms with E-state index in [9.17, 15) is 8.42 Å². The molecule has 0 unspecified atom stereocenters. The second-order valence-corrected chi connectivity index (χ2v) is 7.69. The van der Waals surface area contributed by atoms with Gasteiger partial charge in [0, 0.05) is 6.20 Å². The van der Waals surface area contributed by atoms with Crippen molar-refractivity contribution in [2.45, 2.75) is 31.1 Å². The van der Waals surface area contributed by atoms with Gasteiger partial charge in [-0.25, -0.2) is 18.1 Å². The molecule has 1 fully saturated rings. The van der Waals surface area contributed by atoms with Crippen molar-refractivity contribution >= 4 is 27.3 Å². The summed E-state index contributed by atoms with van der Waals surface area (Å²) in [6, 6.07) is 5.53. The number of hydrogen-bond donors (Lipinski definition) is 1. The van der Waals surface area contributed by atoms with Crippen LogP contribution in [0, 0.1) is 0 Å². The van der Waals surface area contributed by atoms with Crippen LogP contribution >= 0.6 is 11.6 Å². The van der Waals surface area contributed by atoms with E-state index in [1.165, 1.54) is 0 Å². The lowest BCUT2D eigenvalue weighted by Crippen LogP contribution is -2.33. The summed E-state index contributed by atoms with van der Waals surface area (Å²) >= 11 is 6.18. The lowest BCUT2D eigenvalue weighted by molar-refractivity contribution is 0.566. The average molecular weight is 300 g/mol. The zero-order chi connectivity index (χ0) is 13.7. The maximum atomic E-state index is 12.0. The first-order valence-electron chi connectivity index (χ1n) is 6.04. The van der Waals surface area contributed by atoms with Gasteiger partial charge in [0.25, 0.3) is 0 Å². The first-order valence-corrected chi connectivity index (χ1v) is 7.90. The Morgan fingerprint density at radius 2 is 2.21 bits per heavy atom. The SMILES string of the molecule is CC1(S(=O)(=O)NCc2nc3ccccn3c2Cl)CC1. The van der Waals surface area contributed by atoms with Crippen molar-refractivity contribution in [3.63, 3.8) is 0 Å². The molecule has 2 heterocycles. The van der Waals surface area contributed by atoms with Crippen molar-refractivity contribution in [2.75, 3.05) is 0 Å². The highest BCUT2D eigenvalue weighted by Crippen LogP contribution is 2.42. The molecule has 0 spiro atoms. The highest BCUT2D eigenvalue weighted by atomic mass is 35.5. The monoisotopic (exact) mass is 299 g/mol. The predicted octanol–water partition coefficient (Wildman–Crippen LogP) is 1.96. The lowest BCUT2D eigenvalue weighted by Gasteiger charge is -2.10. The zero-order valence-electron chi connectivity index (χ0n) is 10.4. The van der Waals surface area contributed by atoms with Crippen molar-refractivity contribution in [3.8, 4) is 0 Å². The summed E-state index contributed by atoms with van der Waals surface area (Å²) in [7, 11) is -3.30. The van der Waals surface area contributed by atoms with Crippen molar-refractivity contribution in [2.24, 2.45) is 0 Å². The Kier molecular flexibility index (Phi) is 2.85. The van der Waals surface area contributed by atoms with Crippen LogP contribution in [-0.2, 0) is 16.6 Å². The molecular weight excluding hydrogens is 286 g/mol. The Bertz CT molecular complexity index is 735. The van der Waals surface area contributed by atoms with Gasteiger partial charge in [0.2, 0.25) is 10.0 Å². The number of aromatic nitrogens is 2. The summed E-state index contributed by atoms with van der Waals surface area (Å²) in [6.07, 6.45) is 3.22.